The summed E-state index contributed by atoms with van der Waals surface area (Å²) in [5, 5.41) is 23.8. The van der Waals surface area contributed by atoms with Crippen LogP contribution in [0.4, 0.5) is 8.78 Å². The Hall–Kier alpha value is 0.160. The van der Waals surface area contributed by atoms with Crippen LogP contribution in [0.15, 0.2) is 0 Å². The Bertz CT molecular complexity index is 953. The van der Waals surface area contributed by atoms with E-state index in [-0.39, 0.29) is 96.3 Å². The molecule has 4 saturated carbocycles. The number of alkyl halides is 2. The molecule has 0 bridgehead atoms. The van der Waals surface area contributed by atoms with Crippen molar-refractivity contribution in [2.75, 3.05) is 12.3 Å². The van der Waals surface area contributed by atoms with E-state index in [9.17, 15) is 36.8 Å². The number of fused-ring (bicyclic) bond motifs is 5. The van der Waals surface area contributed by atoms with Crippen molar-refractivity contribution in [1.29, 1.82) is 0 Å². The van der Waals surface area contributed by atoms with Gasteiger partial charge in [0, 0.05) is 19.4 Å². The third kappa shape index (κ3) is 6.10. The van der Waals surface area contributed by atoms with Crippen molar-refractivity contribution in [2.24, 2.45) is 46.3 Å². The van der Waals surface area contributed by atoms with Crippen LogP contribution in [0.25, 0.3) is 0 Å². The third-order valence-electron chi connectivity index (χ3n) is 11.0. The van der Waals surface area contributed by atoms with Gasteiger partial charge in [-0.3, -0.25) is 4.79 Å². The standard InChI is InChI=1S/C26H43F2NO6S.Na/c1-15(4-7-22(32)29-10-11-36(33,34)35)17-5-6-18-23-19(8-9-24(17,18)2)25(3)14-26(27,28)21(31)13-16(25)12-20(23)30;/h15-21,23,30-31H,4-14H2,1-3H3,(H,29,32)(H,33,34,35);/q;+1/p-1/t15-,16-,17-,18?,19?,20+,21-,23?,24-,25+;/m1./s1. The summed E-state index contributed by atoms with van der Waals surface area (Å²) in [4.78, 5) is 12.2. The molecule has 0 radical (unpaired) electrons. The number of carbonyl (C=O) groups excluding carboxylic acids is 1. The van der Waals surface area contributed by atoms with Crippen LogP contribution in [-0.2, 0) is 14.9 Å². The number of hydrogen-bond donors (Lipinski definition) is 3. The Morgan fingerprint density at radius 1 is 1.11 bits per heavy atom. The van der Waals surface area contributed by atoms with Crippen LogP contribution in [0.2, 0.25) is 0 Å². The van der Waals surface area contributed by atoms with Gasteiger partial charge in [-0.25, -0.2) is 17.2 Å². The molecule has 37 heavy (non-hydrogen) atoms. The van der Waals surface area contributed by atoms with Crippen molar-refractivity contribution in [3.05, 3.63) is 0 Å². The molecular weight excluding hydrogens is 515 g/mol. The van der Waals surface area contributed by atoms with E-state index in [0.29, 0.717) is 18.8 Å². The smallest absolute Gasteiger partial charge is 0.748 e. The first-order valence-electron chi connectivity index (χ1n) is 13.5. The zero-order valence-electron chi connectivity index (χ0n) is 22.6. The molecule has 10 atom stereocenters. The van der Waals surface area contributed by atoms with Crippen molar-refractivity contribution >= 4 is 16.0 Å². The van der Waals surface area contributed by atoms with Crippen LogP contribution in [-0.4, -0.2) is 59.5 Å². The average Bonchev–Trinajstić information content (AvgIpc) is 3.10. The van der Waals surface area contributed by atoms with Gasteiger partial charge in [0.2, 0.25) is 5.91 Å². The molecule has 0 heterocycles. The van der Waals surface area contributed by atoms with Crippen molar-refractivity contribution in [3.8, 4) is 0 Å². The molecule has 0 aliphatic heterocycles. The van der Waals surface area contributed by atoms with E-state index in [1.807, 2.05) is 6.92 Å². The van der Waals surface area contributed by atoms with E-state index in [0.717, 1.165) is 25.7 Å². The molecule has 4 rings (SSSR count). The van der Waals surface area contributed by atoms with E-state index in [2.05, 4.69) is 19.2 Å². The first-order chi connectivity index (χ1) is 16.6. The summed E-state index contributed by atoms with van der Waals surface area (Å²) in [7, 11) is -4.36. The van der Waals surface area contributed by atoms with Gasteiger partial charge < -0.3 is 20.1 Å². The average molecular weight is 558 g/mol. The molecule has 0 saturated heterocycles. The van der Waals surface area contributed by atoms with Crippen molar-refractivity contribution in [3.63, 3.8) is 0 Å². The molecule has 0 aromatic rings. The molecule has 0 aromatic heterocycles. The summed E-state index contributed by atoms with van der Waals surface area (Å²) in [5.41, 5.74) is -0.623. The van der Waals surface area contributed by atoms with E-state index < -0.39 is 39.4 Å². The number of rotatable bonds is 7. The molecule has 3 unspecified atom stereocenters. The minimum absolute atomic E-state index is 0. The number of aliphatic hydroxyl groups is 2. The fraction of sp³-hybridized carbons (Fsp3) is 0.962. The van der Waals surface area contributed by atoms with Gasteiger partial charge in [-0.1, -0.05) is 20.8 Å². The summed E-state index contributed by atoms with van der Waals surface area (Å²) in [6, 6.07) is 0. The fourth-order valence-corrected chi connectivity index (χ4v) is 9.52. The SMILES string of the molecule is C[C@H](CCC(=O)NCCS(=O)(=O)[O-])[C@H]1CCC2C3C(CC[C@@]21C)[C@@]1(C)CC(F)(F)[C@H](O)C[C@H]1C[C@@H]3O.[Na+]. The summed E-state index contributed by atoms with van der Waals surface area (Å²) in [6.45, 7) is 6.20. The molecule has 0 aromatic carbocycles. The van der Waals surface area contributed by atoms with Gasteiger partial charge in [0.05, 0.1) is 22.0 Å². The number of amides is 1. The predicted octanol–water partition coefficient (Wildman–Crippen LogP) is 0.304. The summed E-state index contributed by atoms with van der Waals surface area (Å²) in [5.74, 6) is -3.25. The van der Waals surface area contributed by atoms with Crippen molar-refractivity contribution in [2.45, 2.75) is 96.7 Å². The van der Waals surface area contributed by atoms with Crippen LogP contribution in [0.1, 0.15) is 78.6 Å². The maximum Gasteiger partial charge on any atom is 1.00 e. The zero-order valence-corrected chi connectivity index (χ0v) is 25.4. The first-order valence-corrected chi connectivity index (χ1v) is 15.1. The quantitative estimate of drug-likeness (QED) is 0.306. The maximum absolute atomic E-state index is 14.7. The Morgan fingerprint density at radius 3 is 2.41 bits per heavy atom. The normalized spacial score (nSPS) is 43.5. The third-order valence-corrected chi connectivity index (χ3v) is 11.7. The molecule has 3 N–H and O–H groups in total. The second-order valence-corrected chi connectivity index (χ2v) is 14.4. The Labute approximate surface area is 242 Å². The molecule has 4 aliphatic rings. The van der Waals surface area contributed by atoms with Gasteiger partial charge in [0.15, 0.2) is 0 Å². The van der Waals surface area contributed by atoms with Crippen LogP contribution in [0.5, 0.6) is 0 Å². The molecule has 0 spiro atoms. The Morgan fingerprint density at radius 2 is 1.76 bits per heavy atom. The molecule has 1 amide bonds. The number of nitrogens with one attached hydrogen (secondary N) is 1. The molecule has 7 nitrogen and oxygen atoms in total. The van der Waals surface area contributed by atoms with Crippen molar-refractivity contribution < 1.29 is 66.3 Å². The van der Waals surface area contributed by atoms with Gasteiger partial charge in [0.1, 0.15) is 6.10 Å². The molecule has 4 fully saturated rings. The van der Waals surface area contributed by atoms with E-state index in [4.69, 9.17) is 0 Å². The van der Waals surface area contributed by atoms with Gasteiger partial charge in [-0.2, -0.15) is 0 Å². The number of halogens is 2. The molecule has 11 heteroatoms. The van der Waals surface area contributed by atoms with E-state index in [1.54, 1.807) is 0 Å². The minimum Gasteiger partial charge on any atom is -0.748 e. The Kier molecular flexibility index (Phi) is 9.60. The number of aliphatic hydroxyl groups excluding tert-OH is 2. The predicted molar refractivity (Wildman–Crippen MR) is 129 cm³/mol. The van der Waals surface area contributed by atoms with Crippen LogP contribution >= 0.6 is 0 Å². The van der Waals surface area contributed by atoms with Crippen molar-refractivity contribution in [1.82, 2.24) is 5.32 Å². The first kappa shape index (κ1) is 31.7. The monoisotopic (exact) mass is 557 g/mol. The number of hydrogen-bond acceptors (Lipinski definition) is 6. The van der Waals surface area contributed by atoms with Gasteiger partial charge >= 0.3 is 29.6 Å². The van der Waals surface area contributed by atoms with E-state index >= 15 is 0 Å². The Balaban J connectivity index is 0.00000380. The largest absolute Gasteiger partial charge is 1.00 e. The topological polar surface area (TPSA) is 127 Å². The molecule has 208 valence electrons. The summed E-state index contributed by atoms with van der Waals surface area (Å²) in [6.07, 6.45) is 2.54. The summed E-state index contributed by atoms with van der Waals surface area (Å²) >= 11 is 0. The van der Waals surface area contributed by atoms with Gasteiger partial charge in [-0.05, 0) is 91.3 Å². The fourth-order valence-electron chi connectivity index (χ4n) is 9.17. The number of carbonyl (C=O) groups is 1. The van der Waals surface area contributed by atoms with Crippen LogP contribution < -0.4 is 34.9 Å². The van der Waals surface area contributed by atoms with E-state index in [1.165, 1.54) is 0 Å². The second-order valence-electron chi connectivity index (χ2n) is 12.8. The van der Waals surface area contributed by atoms with Crippen LogP contribution in [0.3, 0.4) is 0 Å². The van der Waals surface area contributed by atoms with Gasteiger partial charge in [0.25, 0.3) is 5.92 Å². The van der Waals surface area contributed by atoms with Crippen LogP contribution in [0, 0.1) is 46.3 Å². The minimum atomic E-state index is -4.36. The zero-order chi connectivity index (χ0) is 26.7. The van der Waals surface area contributed by atoms with Gasteiger partial charge in [-0.15, -0.1) is 0 Å². The molecular formula is C26H42F2NNaO6S. The second kappa shape index (κ2) is 11.2. The summed E-state index contributed by atoms with van der Waals surface area (Å²) < 4.78 is 61.5. The molecule has 4 aliphatic carbocycles. The maximum atomic E-state index is 14.7.